The van der Waals surface area contributed by atoms with Crippen LogP contribution in [-0.4, -0.2) is 24.8 Å². The SMILES string of the molecule is COC1(O[C@H]2CC[C@H]3[C@@H]4CCC5=CC(=O)CC[C@]5(C)[C@H]4CC[C@]23C)CCCCC1. The fraction of sp³-hybridized carbons (Fsp3) is 0.885. The van der Waals surface area contributed by atoms with Gasteiger partial charge in [-0.3, -0.25) is 4.79 Å². The van der Waals surface area contributed by atoms with Crippen molar-refractivity contribution in [2.45, 2.75) is 109 Å². The van der Waals surface area contributed by atoms with Crippen LogP contribution in [0.5, 0.6) is 0 Å². The summed E-state index contributed by atoms with van der Waals surface area (Å²) < 4.78 is 12.9. The predicted molar refractivity (Wildman–Crippen MR) is 114 cm³/mol. The summed E-state index contributed by atoms with van der Waals surface area (Å²) in [5.74, 6) is 2.39. The number of fused-ring (bicyclic) bond motifs is 5. The summed E-state index contributed by atoms with van der Waals surface area (Å²) in [6.07, 6.45) is 17.6. The van der Waals surface area contributed by atoms with Crippen LogP contribution < -0.4 is 0 Å². The van der Waals surface area contributed by atoms with Gasteiger partial charge in [0.25, 0.3) is 0 Å². The molecule has 0 aromatic carbocycles. The van der Waals surface area contributed by atoms with E-state index in [1.807, 2.05) is 13.2 Å². The molecule has 5 rings (SSSR count). The van der Waals surface area contributed by atoms with Gasteiger partial charge in [0.15, 0.2) is 11.6 Å². The van der Waals surface area contributed by atoms with E-state index >= 15 is 0 Å². The number of carbonyl (C=O) groups is 1. The first-order chi connectivity index (χ1) is 13.9. The minimum absolute atomic E-state index is 0.272. The van der Waals surface area contributed by atoms with Gasteiger partial charge in [0.2, 0.25) is 0 Å². The molecule has 162 valence electrons. The molecule has 0 aromatic heterocycles. The van der Waals surface area contributed by atoms with Gasteiger partial charge in [-0.05, 0) is 92.4 Å². The third-order valence-electron chi connectivity index (χ3n) is 10.2. The molecule has 0 radical (unpaired) electrons. The second-order valence-electron chi connectivity index (χ2n) is 11.4. The number of hydrogen-bond donors (Lipinski definition) is 0. The molecule has 3 nitrogen and oxygen atoms in total. The molecule has 29 heavy (non-hydrogen) atoms. The highest BCUT2D eigenvalue weighted by molar-refractivity contribution is 5.91. The lowest BCUT2D eigenvalue weighted by molar-refractivity contribution is -0.279. The fourth-order valence-corrected chi connectivity index (χ4v) is 8.42. The molecule has 5 aliphatic carbocycles. The van der Waals surface area contributed by atoms with Crippen LogP contribution in [0.1, 0.15) is 97.3 Å². The van der Waals surface area contributed by atoms with Crippen molar-refractivity contribution in [3.63, 3.8) is 0 Å². The van der Waals surface area contributed by atoms with Crippen LogP contribution in [-0.2, 0) is 14.3 Å². The van der Waals surface area contributed by atoms with Gasteiger partial charge in [0.1, 0.15) is 0 Å². The van der Waals surface area contributed by atoms with Gasteiger partial charge < -0.3 is 9.47 Å². The van der Waals surface area contributed by atoms with Gasteiger partial charge in [-0.2, -0.15) is 0 Å². The first kappa shape index (κ1) is 20.2. The van der Waals surface area contributed by atoms with Crippen molar-refractivity contribution < 1.29 is 14.3 Å². The normalized spacial score (nSPS) is 46.4. The lowest BCUT2D eigenvalue weighted by Gasteiger charge is -2.58. The zero-order valence-electron chi connectivity index (χ0n) is 18.8. The Morgan fingerprint density at radius 2 is 1.69 bits per heavy atom. The predicted octanol–water partition coefficient (Wildman–Crippen LogP) is 6.21. The zero-order valence-corrected chi connectivity index (χ0v) is 18.8. The Labute approximate surface area is 177 Å². The van der Waals surface area contributed by atoms with E-state index in [0.29, 0.717) is 17.3 Å². The highest BCUT2D eigenvalue weighted by Gasteiger charge is 2.60. The van der Waals surface area contributed by atoms with E-state index in [1.54, 1.807) is 0 Å². The highest BCUT2D eigenvalue weighted by Crippen LogP contribution is 2.66. The molecule has 0 amide bonds. The van der Waals surface area contributed by atoms with Crippen LogP contribution >= 0.6 is 0 Å². The molecule has 0 unspecified atom stereocenters. The Morgan fingerprint density at radius 3 is 2.45 bits per heavy atom. The van der Waals surface area contributed by atoms with E-state index in [2.05, 4.69) is 13.8 Å². The summed E-state index contributed by atoms with van der Waals surface area (Å²) in [5, 5.41) is 0. The Morgan fingerprint density at radius 1 is 0.897 bits per heavy atom. The molecular formula is C26H40O3. The molecule has 0 saturated heterocycles. The minimum atomic E-state index is -0.324. The molecule has 5 aliphatic rings. The van der Waals surface area contributed by atoms with Gasteiger partial charge in [-0.15, -0.1) is 0 Å². The third-order valence-corrected chi connectivity index (χ3v) is 10.2. The van der Waals surface area contributed by atoms with Crippen molar-refractivity contribution in [2.75, 3.05) is 7.11 Å². The van der Waals surface area contributed by atoms with E-state index in [4.69, 9.17) is 9.47 Å². The average Bonchev–Trinajstić information content (AvgIpc) is 3.05. The van der Waals surface area contributed by atoms with Crippen molar-refractivity contribution in [2.24, 2.45) is 28.6 Å². The van der Waals surface area contributed by atoms with Crippen LogP contribution in [0.3, 0.4) is 0 Å². The second-order valence-corrected chi connectivity index (χ2v) is 11.4. The van der Waals surface area contributed by atoms with Gasteiger partial charge in [0.05, 0.1) is 6.10 Å². The van der Waals surface area contributed by atoms with Gasteiger partial charge in [-0.25, -0.2) is 0 Å². The highest BCUT2D eigenvalue weighted by atomic mass is 16.7. The molecular weight excluding hydrogens is 360 g/mol. The Hall–Kier alpha value is -0.670. The zero-order chi connectivity index (χ0) is 20.3. The van der Waals surface area contributed by atoms with Crippen molar-refractivity contribution in [1.29, 1.82) is 0 Å². The Bertz CT molecular complexity index is 690. The smallest absolute Gasteiger partial charge is 0.168 e. The number of ether oxygens (including phenoxy) is 2. The molecule has 0 heterocycles. The van der Waals surface area contributed by atoms with E-state index in [1.165, 1.54) is 56.9 Å². The van der Waals surface area contributed by atoms with E-state index in [-0.39, 0.29) is 11.2 Å². The number of carbonyl (C=O) groups excluding carboxylic acids is 1. The van der Waals surface area contributed by atoms with Crippen molar-refractivity contribution in [1.82, 2.24) is 0 Å². The quantitative estimate of drug-likeness (QED) is 0.528. The fourth-order valence-electron chi connectivity index (χ4n) is 8.42. The van der Waals surface area contributed by atoms with E-state index in [9.17, 15) is 4.79 Å². The molecule has 3 heteroatoms. The van der Waals surface area contributed by atoms with Crippen LogP contribution in [0.2, 0.25) is 0 Å². The first-order valence-corrected chi connectivity index (χ1v) is 12.4. The minimum Gasteiger partial charge on any atom is -0.353 e. The summed E-state index contributed by atoms with van der Waals surface area (Å²) in [7, 11) is 1.86. The molecule has 0 aliphatic heterocycles. The van der Waals surface area contributed by atoms with Gasteiger partial charge >= 0.3 is 0 Å². The van der Waals surface area contributed by atoms with Crippen LogP contribution in [0, 0.1) is 28.6 Å². The second kappa shape index (κ2) is 7.19. The first-order valence-electron chi connectivity index (χ1n) is 12.4. The third kappa shape index (κ3) is 3.09. The molecule has 4 saturated carbocycles. The van der Waals surface area contributed by atoms with Gasteiger partial charge in [0, 0.05) is 26.4 Å². The number of hydrogen-bond acceptors (Lipinski definition) is 3. The number of ketones is 1. The summed E-state index contributed by atoms with van der Waals surface area (Å²) >= 11 is 0. The molecule has 4 fully saturated rings. The summed E-state index contributed by atoms with van der Waals surface area (Å²) in [4.78, 5) is 12.0. The summed E-state index contributed by atoms with van der Waals surface area (Å²) in [5.41, 5.74) is 2.05. The monoisotopic (exact) mass is 400 g/mol. The average molecular weight is 401 g/mol. The summed E-state index contributed by atoms with van der Waals surface area (Å²) in [6, 6.07) is 0. The topological polar surface area (TPSA) is 35.5 Å². The maximum absolute atomic E-state index is 12.0. The maximum atomic E-state index is 12.0. The van der Waals surface area contributed by atoms with Crippen LogP contribution in [0.15, 0.2) is 11.6 Å². The largest absolute Gasteiger partial charge is 0.353 e. The van der Waals surface area contributed by atoms with E-state index in [0.717, 1.165) is 49.9 Å². The number of allylic oxidation sites excluding steroid dienone is 1. The van der Waals surface area contributed by atoms with Crippen molar-refractivity contribution in [3.8, 4) is 0 Å². The maximum Gasteiger partial charge on any atom is 0.168 e. The Balaban J connectivity index is 1.37. The summed E-state index contributed by atoms with van der Waals surface area (Å²) in [6.45, 7) is 5.02. The van der Waals surface area contributed by atoms with Crippen molar-refractivity contribution >= 4 is 5.78 Å². The molecule has 0 spiro atoms. The van der Waals surface area contributed by atoms with Crippen molar-refractivity contribution in [3.05, 3.63) is 11.6 Å². The van der Waals surface area contributed by atoms with Crippen LogP contribution in [0.25, 0.3) is 0 Å². The lowest BCUT2D eigenvalue weighted by Crippen LogP contribution is -2.53. The Kier molecular flexibility index (Phi) is 5.02. The standard InChI is InChI=1S/C26H40O3/c1-24-15-11-19(27)17-18(24)7-8-20-21-9-10-23(25(21,2)16-12-22(20)24)29-26(28-3)13-5-4-6-14-26/h17,20-23H,4-16H2,1-3H3/t20-,21-,22-,23-,24-,25-/m0/s1. The lowest BCUT2D eigenvalue weighted by atomic mass is 9.47. The van der Waals surface area contributed by atoms with E-state index < -0.39 is 0 Å². The number of methoxy groups -OCH3 is 1. The van der Waals surface area contributed by atoms with Gasteiger partial charge in [-0.1, -0.05) is 25.8 Å². The molecule has 0 N–H and O–H groups in total. The molecule has 6 atom stereocenters. The number of rotatable bonds is 3. The molecule has 0 bridgehead atoms. The van der Waals surface area contributed by atoms with Crippen LogP contribution in [0.4, 0.5) is 0 Å². The molecule has 0 aromatic rings.